The van der Waals surface area contributed by atoms with E-state index in [9.17, 15) is 0 Å². The molecule has 23 heavy (non-hydrogen) atoms. The summed E-state index contributed by atoms with van der Waals surface area (Å²) in [6, 6.07) is 5.46. The fourth-order valence-electron chi connectivity index (χ4n) is 3.81. The number of nitrogens with zero attached hydrogens (tertiary/aromatic N) is 5. The molecule has 6 nitrogen and oxygen atoms in total. The van der Waals surface area contributed by atoms with Gasteiger partial charge in [-0.15, -0.1) is 0 Å². The van der Waals surface area contributed by atoms with E-state index in [1.54, 1.807) is 7.11 Å². The lowest BCUT2D eigenvalue weighted by Gasteiger charge is -2.35. The van der Waals surface area contributed by atoms with Gasteiger partial charge in [-0.1, -0.05) is 6.08 Å². The van der Waals surface area contributed by atoms with Gasteiger partial charge in [0.15, 0.2) is 0 Å². The van der Waals surface area contributed by atoms with Crippen LogP contribution >= 0.6 is 0 Å². The zero-order valence-electron chi connectivity index (χ0n) is 13.7. The molecule has 2 atom stereocenters. The molecule has 0 aliphatic carbocycles. The van der Waals surface area contributed by atoms with Gasteiger partial charge in [-0.2, -0.15) is 10.1 Å². The highest BCUT2D eigenvalue weighted by atomic mass is 16.5. The average molecular weight is 311 g/mol. The summed E-state index contributed by atoms with van der Waals surface area (Å²) in [6.45, 7) is 1.98. The van der Waals surface area contributed by atoms with Gasteiger partial charge in [0.1, 0.15) is 5.82 Å². The predicted octanol–water partition coefficient (Wildman–Crippen LogP) is 2.35. The Balaban J connectivity index is 1.70. The van der Waals surface area contributed by atoms with Crippen LogP contribution in [0.15, 0.2) is 24.4 Å². The van der Waals surface area contributed by atoms with E-state index in [-0.39, 0.29) is 0 Å². The van der Waals surface area contributed by atoms with Crippen LogP contribution in [0.4, 0.5) is 5.82 Å². The van der Waals surface area contributed by atoms with Gasteiger partial charge in [0.05, 0.1) is 12.8 Å². The molecule has 2 aromatic heterocycles. The number of aryl methyl sites for hydroxylation is 2. The van der Waals surface area contributed by atoms with Crippen LogP contribution in [0.1, 0.15) is 30.7 Å². The zero-order chi connectivity index (χ0) is 16.0. The Morgan fingerprint density at radius 2 is 2.13 bits per heavy atom. The lowest BCUT2D eigenvalue weighted by Crippen LogP contribution is -2.39. The first kappa shape index (κ1) is 14.2. The summed E-state index contributed by atoms with van der Waals surface area (Å²) in [4.78, 5) is 11.3. The van der Waals surface area contributed by atoms with E-state index in [2.05, 4.69) is 38.2 Å². The van der Waals surface area contributed by atoms with Crippen molar-refractivity contribution in [3.63, 3.8) is 0 Å². The van der Waals surface area contributed by atoms with Gasteiger partial charge in [0.2, 0.25) is 0 Å². The van der Waals surface area contributed by atoms with Gasteiger partial charge >= 0.3 is 6.01 Å². The summed E-state index contributed by atoms with van der Waals surface area (Å²) in [7, 11) is 3.62. The Bertz CT molecular complexity index is 766. The fraction of sp³-hybridized carbons (Fsp3) is 0.471. The largest absolute Gasteiger partial charge is 0.467 e. The van der Waals surface area contributed by atoms with Crippen LogP contribution in [0.5, 0.6) is 6.01 Å². The highest BCUT2D eigenvalue weighted by Crippen LogP contribution is 2.40. The maximum atomic E-state index is 5.24. The number of hydrogen-bond donors (Lipinski definition) is 0. The van der Waals surface area contributed by atoms with Crippen molar-refractivity contribution < 1.29 is 4.74 Å². The molecule has 0 amide bonds. The Labute approximate surface area is 135 Å². The number of methoxy groups -OCH3 is 1. The van der Waals surface area contributed by atoms with Crippen LogP contribution in [-0.4, -0.2) is 38.9 Å². The smallest absolute Gasteiger partial charge is 0.318 e. The standard InChI is InChI=1S/C17H21N5O/c1-11-8-16(20-17(19-11)23-3)22-13-4-5-14(22)10-12(9-13)15-6-7-18-21(15)2/h6-9,13-14H,4-5,10H2,1-3H3. The summed E-state index contributed by atoms with van der Waals surface area (Å²) in [5, 5.41) is 4.30. The van der Waals surface area contributed by atoms with Crippen molar-refractivity contribution >= 4 is 11.4 Å². The molecular formula is C17H21N5O. The molecule has 2 aromatic rings. The number of anilines is 1. The summed E-state index contributed by atoms with van der Waals surface area (Å²) in [5.41, 5.74) is 3.55. The number of ether oxygens (including phenoxy) is 1. The molecule has 2 aliphatic rings. The first-order valence-electron chi connectivity index (χ1n) is 8.03. The first-order chi connectivity index (χ1) is 11.2. The molecule has 0 radical (unpaired) electrons. The van der Waals surface area contributed by atoms with E-state index < -0.39 is 0 Å². The van der Waals surface area contributed by atoms with E-state index in [1.807, 2.05) is 24.9 Å². The molecule has 2 unspecified atom stereocenters. The number of aromatic nitrogens is 4. The average Bonchev–Trinajstić information content (AvgIpc) is 3.07. The molecule has 0 saturated carbocycles. The Hall–Kier alpha value is -2.37. The SMILES string of the molecule is COc1nc(C)cc(N2C3C=C(c4ccnn4C)CC2CC3)n1. The summed E-state index contributed by atoms with van der Waals surface area (Å²) >= 11 is 0. The van der Waals surface area contributed by atoms with Gasteiger partial charge in [-0.05, 0) is 37.8 Å². The molecule has 0 aromatic carbocycles. The van der Waals surface area contributed by atoms with Crippen LogP contribution in [0, 0.1) is 6.92 Å². The van der Waals surface area contributed by atoms with Crippen molar-refractivity contribution in [3.8, 4) is 6.01 Å². The zero-order valence-corrected chi connectivity index (χ0v) is 13.7. The molecular weight excluding hydrogens is 290 g/mol. The Kier molecular flexibility index (Phi) is 3.32. The minimum absolute atomic E-state index is 0.387. The number of fused-ring (bicyclic) bond motifs is 2. The molecule has 120 valence electrons. The monoisotopic (exact) mass is 311 g/mol. The quantitative estimate of drug-likeness (QED) is 0.871. The Morgan fingerprint density at radius 1 is 1.26 bits per heavy atom. The second-order valence-corrected chi connectivity index (χ2v) is 6.30. The van der Waals surface area contributed by atoms with Crippen LogP contribution in [-0.2, 0) is 7.05 Å². The van der Waals surface area contributed by atoms with E-state index in [0.717, 1.165) is 24.4 Å². The minimum Gasteiger partial charge on any atom is -0.467 e. The van der Waals surface area contributed by atoms with E-state index in [0.29, 0.717) is 18.1 Å². The number of hydrogen-bond acceptors (Lipinski definition) is 5. The number of rotatable bonds is 3. The van der Waals surface area contributed by atoms with Crippen LogP contribution in [0.25, 0.3) is 5.57 Å². The topological polar surface area (TPSA) is 56.1 Å². The lowest BCUT2D eigenvalue weighted by molar-refractivity contribution is 0.378. The summed E-state index contributed by atoms with van der Waals surface area (Å²) < 4.78 is 7.19. The molecule has 0 N–H and O–H groups in total. The van der Waals surface area contributed by atoms with Crippen molar-refractivity contribution in [1.82, 2.24) is 19.7 Å². The molecule has 2 bridgehead atoms. The highest BCUT2D eigenvalue weighted by molar-refractivity contribution is 5.69. The fourth-order valence-corrected chi connectivity index (χ4v) is 3.81. The molecule has 4 heterocycles. The van der Waals surface area contributed by atoms with E-state index in [4.69, 9.17) is 4.74 Å². The third-order valence-electron chi connectivity index (χ3n) is 4.81. The van der Waals surface area contributed by atoms with Gasteiger partial charge in [0, 0.05) is 37.1 Å². The van der Waals surface area contributed by atoms with Crippen molar-refractivity contribution in [2.45, 2.75) is 38.3 Å². The molecule has 4 rings (SSSR count). The van der Waals surface area contributed by atoms with Crippen molar-refractivity contribution in [2.24, 2.45) is 7.05 Å². The Morgan fingerprint density at radius 3 is 2.83 bits per heavy atom. The summed E-state index contributed by atoms with van der Waals surface area (Å²) in [5.74, 6) is 0.974. The molecule has 6 heteroatoms. The maximum absolute atomic E-state index is 5.24. The second-order valence-electron chi connectivity index (χ2n) is 6.30. The lowest BCUT2D eigenvalue weighted by atomic mass is 9.98. The second kappa shape index (κ2) is 5.37. The summed E-state index contributed by atoms with van der Waals surface area (Å²) in [6.07, 6.45) is 7.63. The minimum atomic E-state index is 0.387. The van der Waals surface area contributed by atoms with Crippen LogP contribution < -0.4 is 9.64 Å². The van der Waals surface area contributed by atoms with E-state index >= 15 is 0 Å². The highest BCUT2D eigenvalue weighted by Gasteiger charge is 2.38. The van der Waals surface area contributed by atoms with Gasteiger partial charge in [-0.3, -0.25) is 4.68 Å². The van der Waals surface area contributed by atoms with Crippen molar-refractivity contribution in [2.75, 3.05) is 12.0 Å². The van der Waals surface area contributed by atoms with E-state index in [1.165, 1.54) is 17.7 Å². The third kappa shape index (κ3) is 2.38. The van der Waals surface area contributed by atoms with Crippen LogP contribution in [0.2, 0.25) is 0 Å². The van der Waals surface area contributed by atoms with Gasteiger partial charge < -0.3 is 9.64 Å². The molecule has 1 fully saturated rings. The third-order valence-corrected chi connectivity index (χ3v) is 4.81. The molecule has 2 aliphatic heterocycles. The normalized spacial score (nSPS) is 23.1. The van der Waals surface area contributed by atoms with Crippen molar-refractivity contribution in [1.29, 1.82) is 0 Å². The predicted molar refractivity (Wildman–Crippen MR) is 88.4 cm³/mol. The van der Waals surface area contributed by atoms with Gasteiger partial charge in [-0.25, -0.2) is 4.98 Å². The maximum Gasteiger partial charge on any atom is 0.318 e. The molecule has 1 saturated heterocycles. The molecule has 0 spiro atoms. The van der Waals surface area contributed by atoms with Gasteiger partial charge in [0.25, 0.3) is 0 Å². The first-order valence-corrected chi connectivity index (χ1v) is 8.03. The van der Waals surface area contributed by atoms with Crippen LogP contribution in [0.3, 0.4) is 0 Å². The van der Waals surface area contributed by atoms with Crippen molar-refractivity contribution in [3.05, 3.63) is 35.8 Å².